The Balaban J connectivity index is 1.85. The van der Waals surface area contributed by atoms with Crippen LogP contribution in [-0.4, -0.2) is 27.5 Å². The van der Waals surface area contributed by atoms with Crippen LogP contribution in [-0.2, 0) is 6.54 Å². The molecular weight excluding hydrogens is 428 g/mol. The molecule has 172 valence electrons. The maximum atomic E-state index is 13.7. The Bertz CT molecular complexity index is 1360. The van der Waals surface area contributed by atoms with Crippen molar-refractivity contribution in [1.82, 2.24) is 9.24 Å². The van der Waals surface area contributed by atoms with E-state index < -0.39 is 7.21 Å². The van der Waals surface area contributed by atoms with Crippen LogP contribution in [0.4, 0.5) is 10.1 Å². The zero-order chi connectivity index (χ0) is 23.2. The Labute approximate surface area is 196 Å². The van der Waals surface area contributed by atoms with Gasteiger partial charge in [0, 0.05) is 51.9 Å². The summed E-state index contributed by atoms with van der Waals surface area (Å²) in [6.07, 6.45) is 2.41. The molecule has 33 heavy (non-hydrogen) atoms. The molecule has 5 rings (SSSR count). The molecule has 0 amide bonds. The Morgan fingerprint density at radius 2 is 1.55 bits per heavy atom. The fourth-order valence-corrected chi connectivity index (χ4v) is 9.90. The van der Waals surface area contributed by atoms with E-state index in [1.54, 1.807) is 0 Å². The van der Waals surface area contributed by atoms with Gasteiger partial charge in [-0.15, -0.1) is 0 Å². The minimum absolute atomic E-state index is 0.0669. The van der Waals surface area contributed by atoms with Gasteiger partial charge in [-0.2, -0.15) is 0 Å². The molecule has 1 atom stereocenters. The Hall–Kier alpha value is -2.42. The van der Waals surface area contributed by atoms with Crippen LogP contribution in [0, 0.1) is 5.82 Å². The van der Waals surface area contributed by atoms with Gasteiger partial charge in [-0.25, -0.2) is 9.14 Å². The predicted molar refractivity (Wildman–Crippen MR) is 141 cm³/mol. The van der Waals surface area contributed by atoms with Crippen molar-refractivity contribution in [3.8, 4) is 0 Å². The SMILES string of the molecule is CCn1c2ccccc2c2cc([P@](=Nc3ccc(F)cc3)(N3CCCC3)C(C)(C)C)ccc21. The van der Waals surface area contributed by atoms with Crippen molar-refractivity contribution in [3.05, 3.63) is 72.5 Å². The van der Waals surface area contributed by atoms with Crippen LogP contribution in [0.5, 0.6) is 0 Å². The molecule has 3 aromatic carbocycles. The summed E-state index contributed by atoms with van der Waals surface area (Å²) in [5.74, 6) is -0.219. The van der Waals surface area contributed by atoms with E-state index in [0.29, 0.717) is 0 Å². The highest BCUT2D eigenvalue weighted by Gasteiger charge is 2.42. The zero-order valence-electron chi connectivity index (χ0n) is 20.1. The Morgan fingerprint density at radius 3 is 2.21 bits per heavy atom. The molecule has 1 aliphatic rings. The van der Waals surface area contributed by atoms with Crippen molar-refractivity contribution in [2.45, 2.75) is 52.2 Å². The standard InChI is InChI=1S/C28H33FN3P/c1-5-32-26-11-7-6-10-24(26)25-20-23(16-17-27(25)32)33(28(2,3)4,31-18-8-9-19-31)30-22-14-12-21(29)13-15-22/h6-7,10-17,20H,5,8-9,18-19H2,1-4H3/t33-/m0/s1. The first-order valence-corrected chi connectivity index (χ1v) is 13.7. The second-order valence-corrected chi connectivity index (χ2v) is 13.8. The molecule has 0 unspecified atom stereocenters. The van der Waals surface area contributed by atoms with E-state index in [-0.39, 0.29) is 11.0 Å². The molecule has 0 spiro atoms. The van der Waals surface area contributed by atoms with E-state index >= 15 is 0 Å². The molecule has 2 heterocycles. The van der Waals surface area contributed by atoms with Crippen molar-refractivity contribution in [1.29, 1.82) is 0 Å². The third-order valence-corrected chi connectivity index (χ3v) is 11.6. The molecule has 4 aromatic rings. The van der Waals surface area contributed by atoms with Crippen LogP contribution < -0.4 is 5.30 Å². The molecule has 1 aromatic heterocycles. The third kappa shape index (κ3) is 3.64. The van der Waals surface area contributed by atoms with Crippen molar-refractivity contribution in [3.63, 3.8) is 0 Å². The van der Waals surface area contributed by atoms with Gasteiger partial charge in [-0.1, -0.05) is 39.0 Å². The van der Waals surface area contributed by atoms with Gasteiger partial charge in [-0.3, -0.25) is 4.67 Å². The zero-order valence-corrected chi connectivity index (χ0v) is 20.9. The van der Waals surface area contributed by atoms with Crippen LogP contribution in [0.1, 0.15) is 40.5 Å². The molecule has 3 nitrogen and oxygen atoms in total. The van der Waals surface area contributed by atoms with E-state index in [1.165, 1.54) is 52.1 Å². The minimum atomic E-state index is -2.17. The number of nitrogens with zero attached hydrogens (tertiary/aromatic N) is 3. The molecule has 5 heteroatoms. The van der Waals surface area contributed by atoms with E-state index in [9.17, 15) is 4.39 Å². The smallest absolute Gasteiger partial charge is 0.123 e. The molecule has 0 N–H and O–H groups in total. The van der Waals surface area contributed by atoms with Crippen LogP contribution >= 0.6 is 7.21 Å². The Morgan fingerprint density at radius 1 is 0.879 bits per heavy atom. The summed E-state index contributed by atoms with van der Waals surface area (Å²) in [6, 6.07) is 22.4. The molecule has 0 bridgehead atoms. The average molecular weight is 462 g/mol. The van der Waals surface area contributed by atoms with Crippen LogP contribution in [0.2, 0.25) is 0 Å². The normalized spacial score (nSPS) is 17.0. The average Bonchev–Trinajstić information content (AvgIpc) is 3.44. The number of para-hydroxylation sites is 1. The fourth-order valence-electron chi connectivity index (χ4n) is 5.49. The van der Waals surface area contributed by atoms with E-state index in [4.69, 9.17) is 4.74 Å². The summed E-state index contributed by atoms with van der Waals surface area (Å²) in [5, 5.41) is 3.84. The lowest BCUT2D eigenvalue weighted by Crippen LogP contribution is -2.35. The summed E-state index contributed by atoms with van der Waals surface area (Å²) in [5.41, 5.74) is 3.42. The number of fused-ring (bicyclic) bond motifs is 3. The van der Waals surface area contributed by atoms with Gasteiger partial charge in [0.25, 0.3) is 0 Å². The molecule has 0 radical (unpaired) electrons. The number of halogens is 1. The van der Waals surface area contributed by atoms with Gasteiger partial charge in [-0.05, 0) is 68.3 Å². The fraction of sp³-hybridized carbons (Fsp3) is 0.357. The number of rotatable bonds is 4. The lowest BCUT2D eigenvalue weighted by molar-refractivity contribution is 0.538. The monoisotopic (exact) mass is 461 g/mol. The van der Waals surface area contributed by atoms with Gasteiger partial charge in [0.15, 0.2) is 0 Å². The topological polar surface area (TPSA) is 20.5 Å². The van der Waals surface area contributed by atoms with Gasteiger partial charge in [0.1, 0.15) is 5.82 Å². The maximum Gasteiger partial charge on any atom is 0.123 e. The number of benzene rings is 3. The summed E-state index contributed by atoms with van der Waals surface area (Å²) in [6.45, 7) is 12.2. The highest BCUT2D eigenvalue weighted by atomic mass is 31.2. The first-order chi connectivity index (χ1) is 15.8. The predicted octanol–water partition coefficient (Wildman–Crippen LogP) is 7.92. The molecule has 1 fully saturated rings. The largest absolute Gasteiger partial charge is 0.341 e. The number of hydrogen-bond donors (Lipinski definition) is 0. The lowest BCUT2D eigenvalue weighted by atomic mass is 10.1. The van der Waals surface area contributed by atoms with Crippen molar-refractivity contribution >= 4 is 40.0 Å². The second-order valence-electron chi connectivity index (χ2n) is 9.97. The van der Waals surface area contributed by atoms with Gasteiger partial charge >= 0.3 is 0 Å². The molecule has 1 aliphatic heterocycles. The lowest BCUT2D eigenvalue weighted by Gasteiger charge is -2.44. The summed E-state index contributed by atoms with van der Waals surface area (Å²) in [4.78, 5) is 0. The number of hydrogen-bond acceptors (Lipinski definition) is 1. The molecular formula is C28H33FN3P. The quantitative estimate of drug-likeness (QED) is 0.283. The van der Waals surface area contributed by atoms with E-state index in [0.717, 1.165) is 25.3 Å². The minimum Gasteiger partial charge on any atom is -0.341 e. The van der Waals surface area contributed by atoms with Crippen LogP contribution in [0.25, 0.3) is 21.8 Å². The summed E-state index contributed by atoms with van der Waals surface area (Å²) < 4.78 is 24.3. The van der Waals surface area contributed by atoms with Gasteiger partial charge in [0.2, 0.25) is 0 Å². The molecule has 0 aliphatic carbocycles. The highest BCUT2D eigenvalue weighted by molar-refractivity contribution is 7.73. The number of aromatic nitrogens is 1. The van der Waals surface area contributed by atoms with Crippen molar-refractivity contribution < 1.29 is 4.39 Å². The number of aryl methyl sites for hydroxylation is 1. The highest BCUT2D eigenvalue weighted by Crippen LogP contribution is 2.65. The van der Waals surface area contributed by atoms with Gasteiger partial charge < -0.3 is 4.57 Å². The van der Waals surface area contributed by atoms with Gasteiger partial charge in [0.05, 0.1) is 12.9 Å². The van der Waals surface area contributed by atoms with Crippen LogP contribution in [0.3, 0.4) is 0 Å². The molecule has 1 saturated heterocycles. The Kier molecular flexibility index (Phi) is 5.71. The van der Waals surface area contributed by atoms with E-state index in [1.807, 2.05) is 12.1 Å². The van der Waals surface area contributed by atoms with Crippen LogP contribution in [0.15, 0.2) is 71.5 Å². The summed E-state index contributed by atoms with van der Waals surface area (Å²) >= 11 is 0. The molecule has 0 saturated carbocycles. The van der Waals surface area contributed by atoms with Crippen molar-refractivity contribution in [2.75, 3.05) is 13.1 Å². The first-order valence-electron chi connectivity index (χ1n) is 12.0. The third-order valence-electron chi connectivity index (χ3n) is 6.95. The summed E-state index contributed by atoms with van der Waals surface area (Å²) in [7, 11) is -2.17. The second kappa shape index (κ2) is 8.42. The van der Waals surface area contributed by atoms with Crippen molar-refractivity contribution in [2.24, 2.45) is 4.74 Å². The first kappa shape index (κ1) is 22.4. The van der Waals surface area contributed by atoms with E-state index in [2.05, 4.69) is 79.4 Å². The maximum absolute atomic E-state index is 13.7.